The maximum atomic E-state index is 12.6. The number of sulfonamides is 1. The fourth-order valence-corrected chi connectivity index (χ4v) is 3.89. The summed E-state index contributed by atoms with van der Waals surface area (Å²) >= 11 is 0. The minimum Gasteiger partial charge on any atom is -0.371 e. The molecule has 1 saturated carbocycles. The number of benzene rings is 2. The Hall–Kier alpha value is -2.38. The number of para-hydroxylation sites is 1. The van der Waals surface area contributed by atoms with E-state index in [4.69, 9.17) is 4.74 Å². The number of nitrogens with one attached hydrogen (secondary N) is 2. The van der Waals surface area contributed by atoms with Crippen LogP contribution in [0.15, 0.2) is 47.4 Å². The fraction of sp³-hybridized carbons (Fsp3) is 0.350. The SMILES string of the molecule is Cc1cccc(C)c1NS(=O)(=O)c1ccc(NC(=O)COCC2CC2)cc1. The van der Waals surface area contributed by atoms with Crippen molar-refractivity contribution in [3.05, 3.63) is 53.6 Å². The van der Waals surface area contributed by atoms with Crippen LogP contribution in [0, 0.1) is 19.8 Å². The molecule has 1 aliphatic carbocycles. The maximum absolute atomic E-state index is 12.6. The molecule has 2 aromatic rings. The molecule has 3 rings (SSSR count). The van der Waals surface area contributed by atoms with Crippen molar-refractivity contribution >= 4 is 27.3 Å². The van der Waals surface area contributed by atoms with Gasteiger partial charge < -0.3 is 10.1 Å². The number of ether oxygens (including phenoxy) is 1. The van der Waals surface area contributed by atoms with E-state index in [9.17, 15) is 13.2 Å². The molecule has 0 spiro atoms. The minimum atomic E-state index is -3.71. The summed E-state index contributed by atoms with van der Waals surface area (Å²) in [7, 11) is -3.71. The van der Waals surface area contributed by atoms with Gasteiger partial charge in [0.25, 0.3) is 10.0 Å². The van der Waals surface area contributed by atoms with Crippen molar-refractivity contribution in [3.63, 3.8) is 0 Å². The number of hydrogen-bond donors (Lipinski definition) is 2. The molecule has 0 saturated heterocycles. The largest absolute Gasteiger partial charge is 0.371 e. The Morgan fingerprint density at radius 3 is 2.30 bits per heavy atom. The first kappa shape index (κ1) is 19.4. The lowest BCUT2D eigenvalue weighted by atomic mass is 10.1. The Labute approximate surface area is 160 Å². The molecule has 0 aliphatic heterocycles. The van der Waals surface area contributed by atoms with Crippen molar-refractivity contribution in [2.45, 2.75) is 31.6 Å². The van der Waals surface area contributed by atoms with Gasteiger partial charge in [0.2, 0.25) is 5.91 Å². The third-order valence-corrected chi connectivity index (χ3v) is 5.82. The number of anilines is 2. The van der Waals surface area contributed by atoms with E-state index in [2.05, 4.69) is 10.0 Å². The minimum absolute atomic E-state index is 0.00463. The first-order chi connectivity index (χ1) is 12.8. The highest BCUT2D eigenvalue weighted by atomic mass is 32.2. The number of aryl methyl sites for hydroxylation is 2. The molecule has 0 aromatic heterocycles. The highest BCUT2D eigenvalue weighted by Crippen LogP contribution is 2.28. The van der Waals surface area contributed by atoms with Crippen LogP contribution < -0.4 is 10.0 Å². The van der Waals surface area contributed by atoms with Gasteiger partial charge in [-0.25, -0.2) is 8.42 Å². The molecule has 2 N–H and O–H groups in total. The summed E-state index contributed by atoms with van der Waals surface area (Å²) in [6.45, 7) is 4.34. The molecule has 6 nitrogen and oxygen atoms in total. The van der Waals surface area contributed by atoms with E-state index < -0.39 is 10.0 Å². The fourth-order valence-electron chi connectivity index (χ4n) is 2.69. The average molecular weight is 388 g/mol. The lowest BCUT2D eigenvalue weighted by molar-refractivity contribution is -0.120. The van der Waals surface area contributed by atoms with E-state index in [0.717, 1.165) is 11.1 Å². The van der Waals surface area contributed by atoms with Crippen LogP contribution in [0.5, 0.6) is 0 Å². The molecular weight excluding hydrogens is 364 g/mol. The van der Waals surface area contributed by atoms with E-state index >= 15 is 0 Å². The molecule has 0 atom stereocenters. The normalized spacial score (nSPS) is 14.0. The molecule has 1 aliphatic rings. The molecule has 0 radical (unpaired) electrons. The van der Waals surface area contributed by atoms with Crippen molar-refractivity contribution in [3.8, 4) is 0 Å². The van der Waals surface area contributed by atoms with Crippen molar-refractivity contribution in [2.24, 2.45) is 5.92 Å². The first-order valence-corrected chi connectivity index (χ1v) is 10.4. The summed E-state index contributed by atoms with van der Waals surface area (Å²) in [5.41, 5.74) is 2.83. The zero-order valence-electron chi connectivity index (χ0n) is 15.5. The number of amides is 1. The lowest BCUT2D eigenvalue weighted by Crippen LogP contribution is -2.19. The molecule has 0 bridgehead atoms. The van der Waals surface area contributed by atoms with Crippen LogP contribution in [0.25, 0.3) is 0 Å². The predicted molar refractivity (Wildman–Crippen MR) is 105 cm³/mol. The van der Waals surface area contributed by atoms with Gasteiger partial charge in [-0.05, 0) is 68.0 Å². The number of carbonyl (C=O) groups is 1. The molecule has 7 heteroatoms. The van der Waals surface area contributed by atoms with Gasteiger partial charge in [0, 0.05) is 5.69 Å². The Kier molecular flexibility index (Phi) is 5.82. The maximum Gasteiger partial charge on any atom is 0.261 e. The summed E-state index contributed by atoms with van der Waals surface area (Å²) in [6, 6.07) is 11.7. The number of carbonyl (C=O) groups excluding carboxylic acids is 1. The van der Waals surface area contributed by atoms with Crippen molar-refractivity contribution < 1.29 is 17.9 Å². The summed E-state index contributed by atoms with van der Waals surface area (Å²) in [5.74, 6) is 0.353. The topological polar surface area (TPSA) is 84.5 Å². The average Bonchev–Trinajstić information content (AvgIpc) is 3.43. The van der Waals surface area contributed by atoms with Gasteiger partial charge in [0.15, 0.2) is 0 Å². The Bertz CT molecular complexity index is 899. The third kappa shape index (κ3) is 5.30. The summed E-state index contributed by atoms with van der Waals surface area (Å²) in [4.78, 5) is 12.0. The van der Waals surface area contributed by atoms with Gasteiger partial charge in [0.05, 0.1) is 17.2 Å². The van der Waals surface area contributed by atoms with Crippen molar-refractivity contribution in [1.29, 1.82) is 0 Å². The Balaban J connectivity index is 1.62. The van der Waals surface area contributed by atoms with E-state index in [-0.39, 0.29) is 17.4 Å². The number of rotatable bonds is 8. The quantitative estimate of drug-likeness (QED) is 0.725. The summed E-state index contributed by atoms with van der Waals surface area (Å²) in [5, 5.41) is 2.70. The summed E-state index contributed by atoms with van der Waals surface area (Å²) in [6.07, 6.45) is 2.35. The second-order valence-electron chi connectivity index (χ2n) is 6.90. The van der Waals surface area contributed by atoms with E-state index in [1.165, 1.54) is 25.0 Å². The smallest absolute Gasteiger partial charge is 0.261 e. The lowest BCUT2D eigenvalue weighted by Gasteiger charge is -2.13. The van der Waals surface area contributed by atoms with Crippen LogP contribution >= 0.6 is 0 Å². The molecular formula is C20H24N2O4S. The van der Waals surface area contributed by atoms with E-state index in [0.29, 0.717) is 23.9 Å². The van der Waals surface area contributed by atoms with Gasteiger partial charge in [-0.1, -0.05) is 18.2 Å². The molecule has 1 amide bonds. The first-order valence-electron chi connectivity index (χ1n) is 8.92. The standard InChI is InChI=1S/C20H24N2O4S/c1-14-4-3-5-15(2)20(14)22-27(24,25)18-10-8-17(9-11-18)21-19(23)13-26-12-16-6-7-16/h3-5,8-11,16,22H,6-7,12-13H2,1-2H3,(H,21,23). The van der Waals surface area contributed by atoms with Crippen LogP contribution in [0.1, 0.15) is 24.0 Å². The highest BCUT2D eigenvalue weighted by Gasteiger charge is 2.21. The van der Waals surface area contributed by atoms with Crippen LogP contribution in [-0.2, 0) is 19.6 Å². The second kappa shape index (κ2) is 8.10. The van der Waals surface area contributed by atoms with Gasteiger partial charge >= 0.3 is 0 Å². The van der Waals surface area contributed by atoms with Gasteiger partial charge in [-0.3, -0.25) is 9.52 Å². The third-order valence-electron chi connectivity index (χ3n) is 4.45. The van der Waals surface area contributed by atoms with Gasteiger partial charge in [-0.2, -0.15) is 0 Å². The van der Waals surface area contributed by atoms with E-state index in [1.807, 2.05) is 32.0 Å². The predicted octanol–water partition coefficient (Wildman–Crippen LogP) is 3.47. The Morgan fingerprint density at radius 1 is 1.07 bits per heavy atom. The molecule has 0 unspecified atom stereocenters. The van der Waals surface area contributed by atoms with Gasteiger partial charge in [-0.15, -0.1) is 0 Å². The molecule has 0 heterocycles. The van der Waals surface area contributed by atoms with Gasteiger partial charge in [0.1, 0.15) is 6.61 Å². The van der Waals surface area contributed by atoms with Crippen LogP contribution in [-0.4, -0.2) is 27.5 Å². The van der Waals surface area contributed by atoms with E-state index in [1.54, 1.807) is 12.1 Å². The van der Waals surface area contributed by atoms with Crippen LogP contribution in [0.3, 0.4) is 0 Å². The second-order valence-corrected chi connectivity index (χ2v) is 8.59. The molecule has 1 fully saturated rings. The zero-order chi connectivity index (χ0) is 19.4. The molecule has 27 heavy (non-hydrogen) atoms. The highest BCUT2D eigenvalue weighted by molar-refractivity contribution is 7.92. The summed E-state index contributed by atoms with van der Waals surface area (Å²) < 4.78 is 33.2. The van der Waals surface area contributed by atoms with Crippen molar-refractivity contribution in [2.75, 3.05) is 23.3 Å². The zero-order valence-corrected chi connectivity index (χ0v) is 16.3. The van der Waals surface area contributed by atoms with Crippen LogP contribution in [0.2, 0.25) is 0 Å². The monoisotopic (exact) mass is 388 g/mol. The van der Waals surface area contributed by atoms with Crippen molar-refractivity contribution in [1.82, 2.24) is 0 Å². The Morgan fingerprint density at radius 2 is 1.70 bits per heavy atom. The van der Waals surface area contributed by atoms with Crippen LogP contribution in [0.4, 0.5) is 11.4 Å². The number of hydrogen-bond acceptors (Lipinski definition) is 4. The molecule has 144 valence electrons. The molecule has 2 aromatic carbocycles.